The van der Waals surface area contributed by atoms with Gasteiger partial charge in [-0.25, -0.2) is 0 Å². The molecule has 0 atom stereocenters. The number of hydrogen-bond donors (Lipinski definition) is 0. The number of fused-ring (bicyclic) bond motifs is 3. The highest BCUT2D eigenvalue weighted by Crippen LogP contribution is 2.33. The van der Waals surface area contributed by atoms with Crippen LogP contribution in [0.4, 0.5) is 0 Å². The maximum Gasteiger partial charge on any atom is 0.205 e. The van der Waals surface area contributed by atoms with Crippen molar-refractivity contribution in [3.05, 3.63) is 34.2 Å². The Morgan fingerprint density at radius 1 is 1.25 bits per heavy atom. The zero-order chi connectivity index (χ0) is 11.4. The Bertz CT molecular complexity index is 561. The molecule has 16 heavy (non-hydrogen) atoms. The van der Waals surface area contributed by atoms with Gasteiger partial charge in [0.05, 0.1) is 5.56 Å². The summed E-state index contributed by atoms with van der Waals surface area (Å²) in [6.07, 6.45) is 3.53. The van der Waals surface area contributed by atoms with Gasteiger partial charge in [-0.3, -0.25) is 9.59 Å². The molecule has 3 rings (SSSR count). The highest BCUT2D eigenvalue weighted by atomic mass is 16.1. The van der Waals surface area contributed by atoms with Crippen molar-refractivity contribution in [1.82, 2.24) is 4.57 Å². The molecule has 0 saturated carbocycles. The van der Waals surface area contributed by atoms with E-state index >= 15 is 0 Å². The number of ketones is 2. The Morgan fingerprint density at radius 3 is 2.75 bits per heavy atom. The van der Waals surface area contributed by atoms with Gasteiger partial charge in [0.25, 0.3) is 0 Å². The highest BCUT2D eigenvalue weighted by molar-refractivity contribution is 6.24. The van der Waals surface area contributed by atoms with Crippen molar-refractivity contribution < 1.29 is 9.59 Å². The average molecular weight is 215 g/mol. The molecule has 2 aliphatic rings. The maximum absolute atomic E-state index is 12.1. The molecule has 0 amide bonds. The van der Waals surface area contributed by atoms with E-state index in [0.29, 0.717) is 16.8 Å². The Labute approximate surface area is 93.8 Å². The number of Topliss-reactive ketones (excluding diaryl/α,β-unsaturated/α-hetero) is 1. The molecule has 0 saturated heterocycles. The van der Waals surface area contributed by atoms with Crippen molar-refractivity contribution in [3.63, 3.8) is 0 Å². The molecule has 1 aliphatic carbocycles. The SMILES string of the molecule is CC1=CC(=O)c2c(C)c3n(c2C1=O)CCC3. The molecule has 0 aromatic carbocycles. The summed E-state index contributed by atoms with van der Waals surface area (Å²) in [5, 5.41) is 0. The fourth-order valence-electron chi connectivity index (χ4n) is 2.83. The Kier molecular flexibility index (Phi) is 1.76. The standard InChI is InChI=1S/C13H13NO2/c1-7-6-10(15)11-8(2)9-4-3-5-14(9)12(11)13(7)16/h6H,3-5H2,1-2H3. The third-order valence-electron chi connectivity index (χ3n) is 3.60. The van der Waals surface area contributed by atoms with E-state index in [0.717, 1.165) is 24.9 Å². The fourth-order valence-corrected chi connectivity index (χ4v) is 2.83. The van der Waals surface area contributed by atoms with Gasteiger partial charge in [0.2, 0.25) is 5.78 Å². The number of rotatable bonds is 0. The zero-order valence-electron chi connectivity index (χ0n) is 9.46. The van der Waals surface area contributed by atoms with Crippen LogP contribution in [0.1, 0.15) is 45.4 Å². The first-order chi connectivity index (χ1) is 7.61. The van der Waals surface area contributed by atoms with E-state index in [1.165, 1.54) is 11.8 Å². The van der Waals surface area contributed by atoms with Crippen molar-refractivity contribution in [2.75, 3.05) is 0 Å². The lowest BCUT2D eigenvalue weighted by Gasteiger charge is -2.12. The molecule has 0 fully saturated rings. The van der Waals surface area contributed by atoms with Crippen LogP contribution in [0.5, 0.6) is 0 Å². The van der Waals surface area contributed by atoms with Crippen molar-refractivity contribution in [1.29, 1.82) is 0 Å². The lowest BCUT2D eigenvalue weighted by Crippen LogP contribution is -2.18. The second-order valence-electron chi connectivity index (χ2n) is 4.57. The molecule has 0 bridgehead atoms. The van der Waals surface area contributed by atoms with E-state index in [1.807, 2.05) is 11.5 Å². The van der Waals surface area contributed by atoms with Gasteiger partial charge in [-0.15, -0.1) is 0 Å². The smallest absolute Gasteiger partial charge is 0.205 e. The predicted molar refractivity (Wildman–Crippen MR) is 59.9 cm³/mol. The topological polar surface area (TPSA) is 39.1 Å². The van der Waals surface area contributed by atoms with Gasteiger partial charge in [-0.05, 0) is 38.3 Å². The van der Waals surface area contributed by atoms with Crippen LogP contribution in [0.3, 0.4) is 0 Å². The summed E-state index contributed by atoms with van der Waals surface area (Å²) in [5.41, 5.74) is 4.02. The van der Waals surface area contributed by atoms with Gasteiger partial charge in [0.1, 0.15) is 5.69 Å². The quantitative estimate of drug-likeness (QED) is 0.664. The molecule has 3 nitrogen and oxygen atoms in total. The second-order valence-corrected chi connectivity index (χ2v) is 4.57. The van der Waals surface area contributed by atoms with Gasteiger partial charge in [0, 0.05) is 17.8 Å². The van der Waals surface area contributed by atoms with Crippen molar-refractivity contribution in [3.8, 4) is 0 Å². The molecule has 3 heteroatoms. The third-order valence-corrected chi connectivity index (χ3v) is 3.60. The molecule has 82 valence electrons. The monoisotopic (exact) mass is 215 g/mol. The Morgan fingerprint density at radius 2 is 2.00 bits per heavy atom. The molecule has 0 unspecified atom stereocenters. The van der Waals surface area contributed by atoms with Crippen LogP contribution in [-0.4, -0.2) is 16.1 Å². The average Bonchev–Trinajstić information content (AvgIpc) is 2.78. The number of nitrogens with zero attached hydrogens (tertiary/aromatic N) is 1. The van der Waals surface area contributed by atoms with Crippen LogP contribution in [0.25, 0.3) is 0 Å². The van der Waals surface area contributed by atoms with Crippen LogP contribution in [-0.2, 0) is 13.0 Å². The normalized spacial score (nSPS) is 18.5. The minimum Gasteiger partial charge on any atom is -0.341 e. The summed E-state index contributed by atoms with van der Waals surface area (Å²) in [5.74, 6) is 0.0114. The fraction of sp³-hybridized carbons (Fsp3) is 0.385. The van der Waals surface area contributed by atoms with Crippen LogP contribution in [0, 0.1) is 6.92 Å². The van der Waals surface area contributed by atoms with E-state index in [9.17, 15) is 9.59 Å². The van der Waals surface area contributed by atoms with Gasteiger partial charge < -0.3 is 4.57 Å². The van der Waals surface area contributed by atoms with E-state index in [1.54, 1.807) is 6.92 Å². The first kappa shape index (κ1) is 9.58. The molecular weight excluding hydrogens is 202 g/mol. The van der Waals surface area contributed by atoms with Gasteiger partial charge >= 0.3 is 0 Å². The zero-order valence-corrected chi connectivity index (χ0v) is 9.46. The number of allylic oxidation sites excluding steroid dienone is 2. The predicted octanol–water partition coefficient (Wildman–Crippen LogP) is 2.07. The molecule has 1 aliphatic heterocycles. The Balaban J connectivity index is 2.35. The van der Waals surface area contributed by atoms with Crippen LogP contribution in [0.2, 0.25) is 0 Å². The minimum absolute atomic E-state index is 0.00787. The molecule has 0 spiro atoms. The number of hydrogen-bond acceptors (Lipinski definition) is 2. The van der Waals surface area contributed by atoms with E-state index in [4.69, 9.17) is 0 Å². The van der Waals surface area contributed by atoms with Gasteiger partial charge in [0.15, 0.2) is 5.78 Å². The largest absolute Gasteiger partial charge is 0.341 e. The lowest BCUT2D eigenvalue weighted by molar-refractivity contribution is 0.0978. The summed E-state index contributed by atoms with van der Waals surface area (Å²) in [4.78, 5) is 24.0. The molecule has 1 aromatic heterocycles. The molecule has 0 N–H and O–H groups in total. The molecule has 0 radical (unpaired) electrons. The van der Waals surface area contributed by atoms with Crippen molar-refractivity contribution >= 4 is 11.6 Å². The third kappa shape index (κ3) is 0.979. The second kappa shape index (κ2) is 2.94. The molecular formula is C13H13NO2. The summed E-state index contributed by atoms with van der Waals surface area (Å²) in [7, 11) is 0. The van der Waals surface area contributed by atoms with Crippen LogP contribution < -0.4 is 0 Å². The van der Waals surface area contributed by atoms with Crippen molar-refractivity contribution in [2.45, 2.75) is 33.2 Å². The Hall–Kier alpha value is -1.64. The minimum atomic E-state index is -0.00787. The summed E-state index contributed by atoms with van der Waals surface area (Å²) in [6, 6.07) is 0. The number of carbonyl (C=O) groups excluding carboxylic acids is 2. The van der Waals surface area contributed by atoms with Crippen LogP contribution >= 0.6 is 0 Å². The lowest BCUT2D eigenvalue weighted by atomic mass is 9.93. The number of carbonyl (C=O) groups is 2. The van der Waals surface area contributed by atoms with Gasteiger partial charge in [-0.2, -0.15) is 0 Å². The highest BCUT2D eigenvalue weighted by Gasteiger charge is 2.33. The first-order valence-electron chi connectivity index (χ1n) is 5.60. The van der Waals surface area contributed by atoms with Crippen molar-refractivity contribution in [2.24, 2.45) is 0 Å². The maximum atomic E-state index is 12.1. The van der Waals surface area contributed by atoms with E-state index < -0.39 is 0 Å². The number of aromatic nitrogens is 1. The summed E-state index contributed by atoms with van der Waals surface area (Å²) in [6.45, 7) is 4.54. The summed E-state index contributed by atoms with van der Waals surface area (Å²) >= 11 is 0. The summed E-state index contributed by atoms with van der Waals surface area (Å²) < 4.78 is 2.04. The molecule has 2 heterocycles. The van der Waals surface area contributed by atoms with E-state index in [2.05, 4.69) is 0 Å². The van der Waals surface area contributed by atoms with E-state index in [-0.39, 0.29) is 11.6 Å². The van der Waals surface area contributed by atoms with Crippen LogP contribution in [0.15, 0.2) is 11.6 Å². The van der Waals surface area contributed by atoms with Gasteiger partial charge in [-0.1, -0.05) is 0 Å². The molecule has 1 aromatic rings. The first-order valence-corrected chi connectivity index (χ1v) is 5.60.